The van der Waals surface area contributed by atoms with Crippen LogP contribution in [0.2, 0.25) is 5.15 Å². The predicted octanol–water partition coefficient (Wildman–Crippen LogP) is 2.83. The molecule has 0 aliphatic heterocycles. The molecule has 0 aliphatic rings. The topological polar surface area (TPSA) is 21.1 Å². The van der Waals surface area contributed by atoms with Gasteiger partial charge in [0.15, 0.2) is 0 Å². The van der Waals surface area contributed by atoms with Crippen LogP contribution in [-0.4, -0.2) is 33.1 Å². The first kappa shape index (κ1) is 13.8. The maximum absolute atomic E-state index is 6.20. The van der Waals surface area contributed by atoms with Gasteiger partial charge >= 0.3 is 0 Å². The summed E-state index contributed by atoms with van der Waals surface area (Å²) in [5.41, 5.74) is 2.09. The summed E-state index contributed by atoms with van der Waals surface area (Å²) in [6.07, 6.45) is 0. The maximum atomic E-state index is 6.20. The predicted molar refractivity (Wildman–Crippen MR) is 69.2 cm³/mol. The Kier molecular flexibility index (Phi) is 5.09. The second-order valence-corrected chi connectivity index (χ2v) is 4.97. The van der Waals surface area contributed by atoms with E-state index in [0.29, 0.717) is 11.9 Å². The highest BCUT2D eigenvalue weighted by atomic mass is 35.5. The average Bonchev–Trinajstić information content (AvgIpc) is 2.43. The van der Waals surface area contributed by atoms with E-state index in [2.05, 4.69) is 23.8 Å². The van der Waals surface area contributed by atoms with E-state index in [1.54, 1.807) is 4.68 Å². The first-order valence-electron chi connectivity index (χ1n) is 5.45. The third kappa shape index (κ3) is 3.12. The number of aryl methyl sites for hydroxylation is 2. The van der Waals surface area contributed by atoms with E-state index in [1.165, 1.54) is 0 Å². The van der Waals surface area contributed by atoms with Crippen molar-refractivity contribution in [2.45, 2.75) is 33.4 Å². The van der Waals surface area contributed by atoms with Crippen molar-refractivity contribution in [3.05, 3.63) is 16.4 Å². The van der Waals surface area contributed by atoms with Gasteiger partial charge in [0.1, 0.15) is 5.15 Å². The molecule has 0 aliphatic carbocycles. The Balaban J connectivity index is 2.84. The smallest absolute Gasteiger partial charge is 0.131 e. The van der Waals surface area contributed by atoms with Crippen LogP contribution < -0.4 is 0 Å². The molecular weight excluding hydrogens is 245 g/mol. The Bertz CT molecular complexity index is 347. The first-order valence-corrected chi connectivity index (χ1v) is 6.36. The molecule has 0 fully saturated rings. The van der Waals surface area contributed by atoms with Crippen molar-refractivity contribution < 1.29 is 0 Å². The highest BCUT2D eigenvalue weighted by molar-refractivity contribution is 6.30. The Morgan fingerprint density at radius 1 is 1.44 bits per heavy atom. The molecule has 0 aromatic carbocycles. The molecule has 0 spiro atoms. The molecule has 0 amide bonds. The third-order valence-corrected chi connectivity index (χ3v) is 3.37. The van der Waals surface area contributed by atoms with E-state index < -0.39 is 0 Å². The van der Waals surface area contributed by atoms with Crippen LogP contribution in [0.4, 0.5) is 0 Å². The second kappa shape index (κ2) is 5.89. The van der Waals surface area contributed by atoms with E-state index in [9.17, 15) is 0 Å². The number of nitrogens with zero attached hydrogens (tertiary/aromatic N) is 3. The van der Waals surface area contributed by atoms with E-state index in [4.69, 9.17) is 23.2 Å². The lowest BCUT2D eigenvalue weighted by atomic mass is 10.2. The lowest BCUT2D eigenvalue weighted by molar-refractivity contribution is 0.226. The van der Waals surface area contributed by atoms with Gasteiger partial charge in [-0.25, -0.2) is 0 Å². The molecular formula is C11H19Cl2N3. The van der Waals surface area contributed by atoms with Crippen LogP contribution >= 0.6 is 23.2 Å². The zero-order valence-electron chi connectivity index (χ0n) is 10.3. The Labute approximate surface area is 107 Å². The second-order valence-electron chi connectivity index (χ2n) is 4.23. The molecule has 92 valence electrons. The van der Waals surface area contributed by atoms with Crippen molar-refractivity contribution in [1.82, 2.24) is 14.7 Å². The average molecular weight is 264 g/mol. The molecule has 0 saturated carbocycles. The fraction of sp³-hybridized carbons (Fsp3) is 0.727. The van der Waals surface area contributed by atoms with Crippen LogP contribution in [0.3, 0.4) is 0 Å². The standard InChI is InChI=1S/C11H19Cl2N3/c1-8(2)16(6-5-12)7-10-9(3)14-15(4)11(10)13/h8H,5-7H2,1-4H3. The minimum absolute atomic E-state index is 0.453. The lowest BCUT2D eigenvalue weighted by Gasteiger charge is -2.25. The largest absolute Gasteiger partial charge is 0.295 e. The van der Waals surface area contributed by atoms with Crippen molar-refractivity contribution in [3.63, 3.8) is 0 Å². The Morgan fingerprint density at radius 3 is 2.44 bits per heavy atom. The minimum Gasteiger partial charge on any atom is -0.295 e. The fourth-order valence-corrected chi connectivity index (χ4v) is 2.14. The van der Waals surface area contributed by atoms with Crippen LogP contribution in [0.5, 0.6) is 0 Å². The van der Waals surface area contributed by atoms with Crippen LogP contribution in [0.25, 0.3) is 0 Å². The number of hydrogen-bond acceptors (Lipinski definition) is 2. The molecule has 1 aromatic heterocycles. The summed E-state index contributed by atoms with van der Waals surface area (Å²) in [6.45, 7) is 7.98. The molecule has 0 unspecified atom stereocenters. The normalized spacial score (nSPS) is 11.8. The molecule has 0 saturated heterocycles. The molecule has 0 radical (unpaired) electrons. The fourth-order valence-electron chi connectivity index (χ4n) is 1.68. The molecule has 1 heterocycles. The lowest BCUT2D eigenvalue weighted by Crippen LogP contribution is -2.32. The van der Waals surface area contributed by atoms with E-state index in [0.717, 1.165) is 29.5 Å². The quantitative estimate of drug-likeness (QED) is 0.762. The van der Waals surface area contributed by atoms with Crippen molar-refractivity contribution in [1.29, 1.82) is 0 Å². The molecule has 1 rings (SSSR count). The van der Waals surface area contributed by atoms with Gasteiger partial charge in [0.05, 0.1) is 5.69 Å². The molecule has 3 nitrogen and oxygen atoms in total. The first-order chi connectivity index (χ1) is 7.47. The van der Waals surface area contributed by atoms with Gasteiger partial charge in [0.25, 0.3) is 0 Å². The van der Waals surface area contributed by atoms with Crippen LogP contribution in [0, 0.1) is 6.92 Å². The maximum Gasteiger partial charge on any atom is 0.131 e. The Morgan fingerprint density at radius 2 is 2.06 bits per heavy atom. The summed E-state index contributed by atoms with van der Waals surface area (Å²) in [5, 5.41) is 5.03. The number of rotatable bonds is 5. The molecule has 1 aromatic rings. The van der Waals surface area contributed by atoms with Crippen LogP contribution in [0.15, 0.2) is 0 Å². The number of aromatic nitrogens is 2. The third-order valence-electron chi connectivity index (χ3n) is 2.73. The van der Waals surface area contributed by atoms with Crippen LogP contribution in [-0.2, 0) is 13.6 Å². The Hall–Kier alpha value is -0.250. The van der Waals surface area contributed by atoms with Crippen molar-refractivity contribution in [2.75, 3.05) is 12.4 Å². The van der Waals surface area contributed by atoms with E-state index >= 15 is 0 Å². The monoisotopic (exact) mass is 263 g/mol. The van der Waals surface area contributed by atoms with E-state index in [-0.39, 0.29) is 0 Å². The minimum atomic E-state index is 0.453. The van der Waals surface area contributed by atoms with Gasteiger partial charge < -0.3 is 0 Å². The zero-order valence-corrected chi connectivity index (χ0v) is 11.8. The van der Waals surface area contributed by atoms with Gasteiger partial charge in [-0.2, -0.15) is 5.10 Å². The molecule has 0 bridgehead atoms. The number of alkyl halides is 1. The van der Waals surface area contributed by atoms with E-state index in [1.807, 2.05) is 14.0 Å². The summed E-state index contributed by atoms with van der Waals surface area (Å²) in [5.74, 6) is 0.634. The SMILES string of the molecule is Cc1nn(C)c(Cl)c1CN(CCCl)C(C)C. The molecule has 5 heteroatoms. The number of hydrogen-bond donors (Lipinski definition) is 0. The summed E-state index contributed by atoms with van der Waals surface area (Å²) in [6, 6.07) is 0.453. The van der Waals surface area contributed by atoms with Gasteiger partial charge in [0.2, 0.25) is 0 Å². The highest BCUT2D eigenvalue weighted by Crippen LogP contribution is 2.21. The van der Waals surface area contributed by atoms with Gasteiger partial charge in [-0.1, -0.05) is 11.6 Å². The zero-order chi connectivity index (χ0) is 12.3. The van der Waals surface area contributed by atoms with Gasteiger partial charge in [0, 0.05) is 37.6 Å². The molecule has 0 atom stereocenters. The summed E-state index contributed by atoms with van der Waals surface area (Å²) < 4.78 is 1.71. The molecule has 16 heavy (non-hydrogen) atoms. The van der Waals surface area contributed by atoms with Crippen LogP contribution in [0.1, 0.15) is 25.1 Å². The number of halogens is 2. The van der Waals surface area contributed by atoms with Crippen molar-refractivity contribution >= 4 is 23.2 Å². The molecule has 0 N–H and O–H groups in total. The van der Waals surface area contributed by atoms with Gasteiger partial charge in [-0.15, -0.1) is 11.6 Å². The summed E-state index contributed by atoms with van der Waals surface area (Å²) in [7, 11) is 1.86. The summed E-state index contributed by atoms with van der Waals surface area (Å²) in [4.78, 5) is 2.29. The van der Waals surface area contributed by atoms with Gasteiger partial charge in [-0.05, 0) is 20.8 Å². The van der Waals surface area contributed by atoms with Crippen molar-refractivity contribution in [3.8, 4) is 0 Å². The van der Waals surface area contributed by atoms with Gasteiger partial charge in [-0.3, -0.25) is 9.58 Å². The highest BCUT2D eigenvalue weighted by Gasteiger charge is 2.16. The van der Waals surface area contributed by atoms with Crippen molar-refractivity contribution in [2.24, 2.45) is 7.05 Å². The summed E-state index contributed by atoms with van der Waals surface area (Å²) >= 11 is 12.0.